The summed E-state index contributed by atoms with van der Waals surface area (Å²) in [6.07, 6.45) is 0.0735. The van der Waals surface area contributed by atoms with Gasteiger partial charge in [0, 0.05) is 30.2 Å². The molecule has 5 nitrogen and oxygen atoms in total. The highest BCUT2D eigenvalue weighted by Gasteiger charge is 2.12. The van der Waals surface area contributed by atoms with Crippen molar-refractivity contribution in [1.29, 1.82) is 0 Å². The number of hydrogen-bond acceptors (Lipinski definition) is 5. The summed E-state index contributed by atoms with van der Waals surface area (Å²) in [5.41, 5.74) is 0.623. The first-order valence-electron chi connectivity index (χ1n) is 5.22. The molecule has 2 aromatic carbocycles. The quantitative estimate of drug-likeness (QED) is 0.558. The fourth-order valence-corrected chi connectivity index (χ4v) is 1.70. The molecular formula is C13H12O5. The van der Waals surface area contributed by atoms with Crippen LogP contribution >= 0.6 is 0 Å². The van der Waals surface area contributed by atoms with E-state index in [0.29, 0.717) is 5.56 Å². The number of phenolic OH excluding ortho intramolecular Hbond substituents is 5. The summed E-state index contributed by atoms with van der Waals surface area (Å²) < 4.78 is 0. The van der Waals surface area contributed by atoms with Gasteiger partial charge in [-0.2, -0.15) is 0 Å². The van der Waals surface area contributed by atoms with Gasteiger partial charge in [-0.15, -0.1) is 0 Å². The molecule has 0 unspecified atom stereocenters. The van der Waals surface area contributed by atoms with Crippen LogP contribution in [0.5, 0.6) is 28.7 Å². The van der Waals surface area contributed by atoms with Gasteiger partial charge in [0.25, 0.3) is 0 Å². The van der Waals surface area contributed by atoms with Crippen molar-refractivity contribution in [2.24, 2.45) is 0 Å². The molecule has 94 valence electrons. The van der Waals surface area contributed by atoms with Gasteiger partial charge in [-0.1, -0.05) is 6.07 Å². The van der Waals surface area contributed by atoms with E-state index in [1.54, 1.807) is 0 Å². The Morgan fingerprint density at radius 2 is 1.22 bits per heavy atom. The Labute approximate surface area is 103 Å². The van der Waals surface area contributed by atoms with Crippen molar-refractivity contribution in [2.75, 3.05) is 0 Å². The molecule has 0 aliphatic rings. The van der Waals surface area contributed by atoms with E-state index < -0.39 is 0 Å². The van der Waals surface area contributed by atoms with Crippen LogP contribution in [-0.2, 0) is 6.42 Å². The Morgan fingerprint density at radius 1 is 0.667 bits per heavy atom. The second kappa shape index (κ2) is 4.37. The van der Waals surface area contributed by atoms with Crippen LogP contribution in [0.25, 0.3) is 0 Å². The molecule has 0 aromatic heterocycles. The largest absolute Gasteiger partial charge is 0.508 e. The van der Waals surface area contributed by atoms with Gasteiger partial charge in [0.1, 0.15) is 28.7 Å². The lowest BCUT2D eigenvalue weighted by Gasteiger charge is -2.09. The monoisotopic (exact) mass is 248 g/mol. The molecule has 0 spiro atoms. The maximum atomic E-state index is 9.63. The smallest absolute Gasteiger partial charge is 0.126 e. The molecule has 0 bridgehead atoms. The maximum absolute atomic E-state index is 9.63. The van der Waals surface area contributed by atoms with E-state index in [0.717, 1.165) is 12.1 Å². The Hall–Kier alpha value is -2.56. The van der Waals surface area contributed by atoms with Gasteiger partial charge < -0.3 is 25.5 Å². The molecule has 0 aliphatic carbocycles. The number of phenols is 5. The second-order valence-electron chi connectivity index (χ2n) is 3.95. The molecular weight excluding hydrogens is 236 g/mol. The Kier molecular flexibility index (Phi) is 2.89. The molecule has 5 heteroatoms. The molecule has 2 aromatic rings. The van der Waals surface area contributed by atoms with Gasteiger partial charge >= 0.3 is 0 Å². The molecule has 0 atom stereocenters. The van der Waals surface area contributed by atoms with Gasteiger partial charge in [0.15, 0.2) is 0 Å². The van der Waals surface area contributed by atoms with Gasteiger partial charge in [-0.3, -0.25) is 0 Å². The van der Waals surface area contributed by atoms with Gasteiger partial charge in [-0.25, -0.2) is 0 Å². The predicted molar refractivity (Wildman–Crippen MR) is 64.0 cm³/mol. The van der Waals surface area contributed by atoms with Crippen LogP contribution in [0.2, 0.25) is 0 Å². The van der Waals surface area contributed by atoms with E-state index in [4.69, 9.17) is 5.11 Å². The molecule has 0 heterocycles. The third-order valence-corrected chi connectivity index (χ3v) is 2.62. The van der Waals surface area contributed by atoms with Crippen LogP contribution < -0.4 is 0 Å². The van der Waals surface area contributed by atoms with Crippen molar-refractivity contribution in [3.05, 3.63) is 41.5 Å². The van der Waals surface area contributed by atoms with Gasteiger partial charge in [-0.05, 0) is 11.6 Å². The molecule has 0 aliphatic heterocycles. The van der Waals surface area contributed by atoms with E-state index in [9.17, 15) is 20.4 Å². The molecule has 2 rings (SSSR count). The molecule has 0 saturated carbocycles. The van der Waals surface area contributed by atoms with Crippen molar-refractivity contribution in [1.82, 2.24) is 0 Å². The first kappa shape index (κ1) is 11.9. The minimum absolute atomic E-state index is 0.0735. The molecule has 0 radical (unpaired) electrons. The molecule has 0 saturated heterocycles. The zero-order valence-corrected chi connectivity index (χ0v) is 9.33. The van der Waals surface area contributed by atoms with Crippen LogP contribution in [0, 0.1) is 0 Å². The highest BCUT2D eigenvalue weighted by Crippen LogP contribution is 2.35. The molecule has 0 fully saturated rings. The van der Waals surface area contributed by atoms with Crippen LogP contribution in [0.4, 0.5) is 0 Å². The number of hydrogen-bond donors (Lipinski definition) is 5. The first-order valence-corrected chi connectivity index (χ1v) is 5.22. The van der Waals surface area contributed by atoms with E-state index in [2.05, 4.69) is 0 Å². The standard InChI is InChI=1S/C13H12O5/c14-8-2-1-7(11(16)4-8)3-10-12(17)5-9(15)6-13(10)18/h1-2,4-6,14-18H,3H2. The number of aromatic hydroxyl groups is 5. The average molecular weight is 248 g/mol. The van der Waals surface area contributed by atoms with E-state index in [1.807, 2.05) is 0 Å². The van der Waals surface area contributed by atoms with Gasteiger partial charge in [0.2, 0.25) is 0 Å². The van der Waals surface area contributed by atoms with E-state index in [1.165, 1.54) is 18.2 Å². The van der Waals surface area contributed by atoms with Crippen LogP contribution in [0.15, 0.2) is 30.3 Å². The van der Waals surface area contributed by atoms with Crippen LogP contribution in [0.3, 0.4) is 0 Å². The van der Waals surface area contributed by atoms with Crippen molar-refractivity contribution in [2.45, 2.75) is 6.42 Å². The highest BCUT2D eigenvalue weighted by molar-refractivity contribution is 5.52. The number of rotatable bonds is 2. The molecule has 0 amide bonds. The second-order valence-corrected chi connectivity index (χ2v) is 3.95. The zero-order chi connectivity index (χ0) is 13.3. The fourth-order valence-electron chi connectivity index (χ4n) is 1.70. The predicted octanol–water partition coefficient (Wildman–Crippen LogP) is 1.81. The lowest BCUT2D eigenvalue weighted by atomic mass is 10.0. The minimum Gasteiger partial charge on any atom is -0.508 e. The third kappa shape index (κ3) is 2.24. The summed E-state index contributed by atoms with van der Waals surface area (Å²) in [5, 5.41) is 47.2. The minimum atomic E-state index is -0.264. The topological polar surface area (TPSA) is 101 Å². The summed E-state index contributed by atoms with van der Waals surface area (Å²) in [6.45, 7) is 0. The lowest BCUT2D eigenvalue weighted by molar-refractivity contribution is 0.419. The summed E-state index contributed by atoms with van der Waals surface area (Å²) >= 11 is 0. The van der Waals surface area contributed by atoms with Crippen LogP contribution in [-0.4, -0.2) is 25.5 Å². The first-order chi connectivity index (χ1) is 8.47. The average Bonchev–Trinajstić information content (AvgIpc) is 2.25. The zero-order valence-electron chi connectivity index (χ0n) is 9.33. The Balaban J connectivity index is 2.40. The Morgan fingerprint density at radius 3 is 1.78 bits per heavy atom. The number of benzene rings is 2. The lowest BCUT2D eigenvalue weighted by Crippen LogP contribution is -1.90. The fraction of sp³-hybridized carbons (Fsp3) is 0.0769. The van der Waals surface area contributed by atoms with Crippen LogP contribution in [0.1, 0.15) is 11.1 Å². The van der Waals surface area contributed by atoms with Crippen molar-refractivity contribution >= 4 is 0 Å². The van der Waals surface area contributed by atoms with Gasteiger partial charge in [0.05, 0.1) is 0 Å². The van der Waals surface area contributed by atoms with E-state index >= 15 is 0 Å². The van der Waals surface area contributed by atoms with E-state index in [-0.39, 0.29) is 40.7 Å². The molecule has 5 N–H and O–H groups in total. The summed E-state index contributed by atoms with van der Waals surface area (Å²) in [4.78, 5) is 0. The maximum Gasteiger partial charge on any atom is 0.126 e. The SMILES string of the molecule is Oc1ccc(Cc2c(O)cc(O)cc2O)c(O)c1. The summed E-state index contributed by atoms with van der Waals surface area (Å²) in [5.74, 6) is -0.985. The highest BCUT2D eigenvalue weighted by atomic mass is 16.3. The van der Waals surface area contributed by atoms with Crippen molar-refractivity contribution in [3.63, 3.8) is 0 Å². The summed E-state index contributed by atoms with van der Waals surface area (Å²) in [7, 11) is 0. The van der Waals surface area contributed by atoms with Crippen molar-refractivity contribution < 1.29 is 25.5 Å². The third-order valence-electron chi connectivity index (χ3n) is 2.62. The Bertz CT molecular complexity index is 569. The van der Waals surface area contributed by atoms with Crippen molar-refractivity contribution in [3.8, 4) is 28.7 Å². The normalized spacial score (nSPS) is 10.4. The molecule has 18 heavy (non-hydrogen) atoms. The summed E-state index contributed by atoms with van der Waals surface area (Å²) in [6, 6.07) is 6.25.